The standard InChI is InChI=1S/C17H24N2O3/c1-19(12-13-4-5-15(21-2)18-11-13)16(20)10-14-6-9-17(22-14)7-3-8-17/h4-5,11,14H,3,6-10,12H2,1-2H3. The highest BCUT2D eigenvalue weighted by atomic mass is 16.5. The van der Waals surface area contributed by atoms with Crippen molar-refractivity contribution in [1.29, 1.82) is 0 Å². The third-order valence-corrected chi connectivity index (χ3v) is 4.86. The zero-order chi connectivity index (χ0) is 15.6. The number of nitrogens with zero attached hydrogens (tertiary/aromatic N) is 2. The van der Waals surface area contributed by atoms with Crippen LogP contribution < -0.4 is 4.74 Å². The second-order valence-corrected chi connectivity index (χ2v) is 6.48. The van der Waals surface area contributed by atoms with Crippen molar-refractivity contribution >= 4 is 5.91 Å². The average molecular weight is 304 g/mol. The van der Waals surface area contributed by atoms with Gasteiger partial charge in [0.2, 0.25) is 11.8 Å². The molecule has 3 rings (SSSR count). The molecule has 1 aromatic heterocycles. The molecule has 0 aromatic carbocycles. The summed E-state index contributed by atoms with van der Waals surface area (Å²) in [6, 6.07) is 3.75. The molecule has 1 aromatic rings. The maximum Gasteiger partial charge on any atom is 0.225 e. The van der Waals surface area contributed by atoms with E-state index in [1.54, 1.807) is 18.2 Å². The highest BCUT2D eigenvalue weighted by Crippen LogP contribution is 2.46. The summed E-state index contributed by atoms with van der Waals surface area (Å²) in [4.78, 5) is 18.3. The van der Waals surface area contributed by atoms with Gasteiger partial charge in [0.25, 0.3) is 0 Å². The van der Waals surface area contributed by atoms with E-state index in [9.17, 15) is 4.79 Å². The molecule has 1 amide bonds. The Labute approximate surface area is 131 Å². The molecule has 2 aliphatic rings. The molecular weight excluding hydrogens is 280 g/mol. The van der Waals surface area contributed by atoms with Gasteiger partial charge in [0.05, 0.1) is 25.2 Å². The van der Waals surface area contributed by atoms with Crippen LogP contribution in [0.3, 0.4) is 0 Å². The van der Waals surface area contributed by atoms with Crippen LogP contribution >= 0.6 is 0 Å². The van der Waals surface area contributed by atoms with E-state index in [1.807, 2.05) is 19.2 Å². The number of pyridine rings is 1. The van der Waals surface area contributed by atoms with Gasteiger partial charge >= 0.3 is 0 Å². The molecule has 5 nitrogen and oxygen atoms in total. The van der Waals surface area contributed by atoms with E-state index in [4.69, 9.17) is 9.47 Å². The van der Waals surface area contributed by atoms with Crippen molar-refractivity contribution < 1.29 is 14.3 Å². The minimum Gasteiger partial charge on any atom is -0.481 e. The fourth-order valence-electron chi connectivity index (χ4n) is 3.32. The third-order valence-electron chi connectivity index (χ3n) is 4.86. The van der Waals surface area contributed by atoms with Gasteiger partial charge in [-0.1, -0.05) is 6.07 Å². The molecular formula is C17H24N2O3. The number of aromatic nitrogens is 1. The van der Waals surface area contributed by atoms with E-state index in [1.165, 1.54) is 19.3 Å². The Balaban J connectivity index is 1.49. The maximum absolute atomic E-state index is 12.3. The lowest BCUT2D eigenvalue weighted by Crippen LogP contribution is -2.37. The summed E-state index contributed by atoms with van der Waals surface area (Å²) in [5, 5.41) is 0. The van der Waals surface area contributed by atoms with Crippen molar-refractivity contribution in [1.82, 2.24) is 9.88 Å². The highest BCUT2D eigenvalue weighted by Gasteiger charge is 2.45. The van der Waals surface area contributed by atoms with Crippen molar-refractivity contribution in [2.45, 2.75) is 56.8 Å². The summed E-state index contributed by atoms with van der Waals surface area (Å²) < 4.78 is 11.1. The van der Waals surface area contributed by atoms with Gasteiger partial charge < -0.3 is 14.4 Å². The van der Waals surface area contributed by atoms with E-state index < -0.39 is 0 Å². The molecule has 1 atom stereocenters. The lowest BCUT2D eigenvalue weighted by atomic mass is 9.78. The van der Waals surface area contributed by atoms with Crippen molar-refractivity contribution in [3.63, 3.8) is 0 Å². The smallest absolute Gasteiger partial charge is 0.225 e. The van der Waals surface area contributed by atoms with Gasteiger partial charge in [0.1, 0.15) is 0 Å². The van der Waals surface area contributed by atoms with Crippen molar-refractivity contribution in [3.05, 3.63) is 23.9 Å². The van der Waals surface area contributed by atoms with Crippen LogP contribution in [0.5, 0.6) is 5.88 Å². The Bertz CT molecular complexity index is 525. The maximum atomic E-state index is 12.3. The van der Waals surface area contributed by atoms with Gasteiger partial charge in [-0.25, -0.2) is 4.98 Å². The van der Waals surface area contributed by atoms with Crippen LogP contribution in [0.1, 0.15) is 44.1 Å². The number of hydrogen-bond donors (Lipinski definition) is 0. The summed E-state index contributed by atoms with van der Waals surface area (Å²) in [6.07, 6.45) is 8.09. The summed E-state index contributed by atoms with van der Waals surface area (Å²) in [7, 11) is 3.43. The molecule has 2 fully saturated rings. The van der Waals surface area contributed by atoms with Gasteiger partial charge in [-0.15, -0.1) is 0 Å². The molecule has 1 spiro atoms. The monoisotopic (exact) mass is 304 g/mol. The fourth-order valence-corrected chi connectivity index (χ4v) is 3.32. The molecule has 0 bridgehead atoms. The molecule has 1 aliphatic heterocycles. The fraction of sp³-hybridized carbons (Fsp3) is 0.647. The first-order valence-corrected chi connectivity index (χ1v) is 8.01. The van der Waals surface area contributed by atoms with E-state index in [0.717, 1.165) is 18.4 Å². The first-order chi connectivity index (χ1) is 10.6. The predicted molar refractivity (Wildman–Crippen MR) is 82.6 cm³/mol. The minimum atomic E-state index is 0.101. The second-order valence-electron chi connectivity index (χ2n) is 6.48. The lowest BCUT2D eigenvalue weighted by Gasteiger charge is -2.38. The first kappa shape index (κ1) is 15.3. The lowest BCUT2D eigenvalue weighted by molar-refractivity contribution is -0.137. The molecule has 1 aliphatic carbocycles. The SMILES string of the molecule is COc1ccc(CN(C)C(=O)CC2CCC3(CCC3)O2)cn1. The van der Waals surface area contributed by atoms with Crippen LogP contribution in [0, 0.1) is 0 Å². The zero-order valence-electron chi connectivity index (χ0n) is 13.4. The predicted octanol–water partition coefficient (Wildman–Crippen LogP) is 2.54. The zero-order valence-corrected chi connectivity index (χ0v) is 13.4. The summed E-state index contributed by atoms with van der Waals surface area (Å²) in [5.74, 6) is 0.722. The summed E-state index contributed by atoms with van der Waals surface area (Å²) in [6.45, 7) is 0.563. The van der Waals surface area contributed by atoms with Gasteiger partial charge in [0.15, 0.2) is 0 Å². The Morgan fingerprint density at radius 2 is 2.27 bits per heavy atom. The second kappa shape index (κ2) is 6.24. The average Bonchev–Trinajstić information content (AvgIpc) is 2.92. The van der Waals surface area contributed by atoms with E-state index in [-0.39, 0.29) is 17.6 Å². The minimum absolute atomic E-state index is 0.101. The largest absolute Gasteiger partial charge is 0.481 e. The Morgan fingerprint density at radius 1 is 1.45 bits per heavy atom. The number of ether oxygens (including phenoxy) is 2. The highest BCUT2D eigenvalue weighted by molar-refractivity contribution is 5.76. The van der Waals surface area contributed by atoms with Crippen molar-refractivity contribution in [3.8, 4) is 5.88 Å². The van der Waals surface area contributed by atoms with Crippen molar-refractivity contribution in [2.24, 2.45) is 0 Å². The number of carbonyl (C=O) groups excluding carboxylic acids is 1. The molecule has 1 saturated carbocycles. The first-order valence-electron chi connectivity index (χ1n) is 8.01. The van der Waals surface area contributed by atoms with Crippen molar-refractivity contribution in [2.75, 3.05) is 14.2 Å². The molecule has 1 unspecified atom stereocenters. The molecule has 5 heteroatoms. The van der Waals surface area contributed by atoms with Crippen LogP contribution in [-0.2, 0) is 16.1 Å². The van der Waals surface area contributed by atoms with Crippen LogP contribution in [0.2, 0.25) is 0 Å². The topological polar surface area (TPSA) is 51.7 Å². The molecule has 2 heterocycles. The summed E-state index contributed by atoms with van der Waals surface area (Å²) >= 11 is 0. The Kier molecular flexibility index (Phi) is 4.34. The third kappa shape index (κ3) is 3.24. The van der Waals surface area contributed by atoms with Gasteiger partial charge in [-0.05, 0) is 37.7 Å². The Hall–Kier alpha value is -1.62. The molecule has 1 saturated heterocycles. The van der Waals surface area contributed by atoms with E-state index in [2.05, 4.69) is 4.98 Å². The number of methoxy groups -OCH3 is 1. The molecule has 22 heavy (non-hydrogen) atoms. The van der Waals surface area contributed by atoms with Gasteiger partial charge in [-0.2, -0.15) is 0 Å². The van der Waals surface area contributed by atoms with Crippen LogP contribution in [0.15, 0.2) is 18.3 Å². The Morgan fingerprint density at radius 3 is 2.82 bits per heavy atom. The number of amides is 1. The summed E-state index contributed by atoms with van der Waals surface area (Å²) in [5.41, 5.74) is 1.13. The number of carbonyl (C=O) groups is 1. The quantitative estimate of drug-likeness (QED) is 0.839. The van der Waals surface area contributed by atoms with Crippen LogP contribution in [-0.4, -0.2) is 41.7 Å². The van der Waals surface area contributed by atoms with Crippen LogP contribution in [0.25, 0.3) is 0 Å². The van der Waals surface area contributed by atoms with Crippen LogP contribution in [0.4, 0.5) is 0 Å². The van der Waals surface area contributed by atoms with E-state index in [0.29, 0.717) is 18.8 Å². The van der Waals surface area contributed by atoms with Gasteiger partial charge in [-0.3, -0.25) is 4.79 Å². The van der Waals surface area contributed by atoms with Gasteiger partial charge in [0, 0.05) is 25.9 Å². The molecule has 0 N–H and O–H groups in total. The molecule has 0 radical (unpaired) electrons. The van der Waals surface area contributed by atoms with E-state index >= 15 is 0 Å². The number of hydrogen-bond acceptors (Lipinski definition) is 4. The molecule has 120 valence electrons. The normalized spacial score (nSPS) is 22.4. The number of rotatable bonds is 5.